The van der Waals surface area contributed by atoms with E-state index in [1.54, 1.807) is 0 Å². The summed E-state index contributed by atoms with van der Waals surface area (Å²) in [4.78, 5) is 14.4. The molecule has 0 aromatic heterocycles. The fourth-order valence-electron chi connectivity index (χ4n) is 3.91. The van der Waals surface area contributed by atoms with Gasteiger partial charge < -0.3 is 4.90 Å². The van der Waals surface area contributed by atoms with Gasteiger partial charge in [-0.25, -0.2) is 8.42 Å². The quantitative estimate of drug-likeness (QED) is 0.786. The summed E-state index contributed by atoms with van der Waals surface area (Å²) >= 11 is 1.51. The van der Waals surface area contributed by atoms with Crippen LogP contribution in [0, 0.1) is 0 Å². The first-order valence-corrected chi connectivity index (χ1v) is 11.9. The second kappa shape index (κ2) is 8.12. The van der Waals surface area contributed by atoms with Crippen molar-refractivity contribution in [2.75, 3.05) is 24.3 Å². The van der Waals surface area contributed by atoms with E-state index in [0.29, 0.717) is 24.1 Å². The molecule has 3 rings (SSSR count). The van der Waals surface area contributed by atoms with Crippen LogP contribution in [0.4, 0.5) is 0 Å². The van der Waals surface area contributed by atoms with Crippen LogP contribution in [0.25, 0.3) is 0 Å². The van der Waals surface area contributed by atoms with Crippen LogP contribution in [0.3, 0.4) is 0 Å². The van der Waals surface area contributed by atoms with Crippen LogP contribution in [0.1, 0.15) is 43.6 Å². The number of carbonyl (C=O) groups is 1. The first kappa shape index (κ1) is 18.8. The summed E-state index contributed by atoms with van der Waals surface area (Å²) in [7, 11) is -0.958. The highest BCUT2D eigenvalue weighted by molar-refractivity contribution is 8.02. The highest BCUT2D eigenvalue weighted by atomic mass is 32.2. The maximum absolute atomic E-state index is 12.5. The maximum atomic E-state index is 12.5. The summed E-state index contributed by atoms with van der Waals surface area (Å²) in [5.74, 6) is 1.65. The molecule has 1 amide bonds. The number of rotatable bonds is 5. The lowest BCUT2D eigenvalue weighted by molar-refractivity contribution is -0.129. The van der Waals surface area contributed by atoms with Crippen molar-refractivity contribution in [3.8, 4) is 0 Å². The van der Waals surface area contributed by atoms with E-state index < -0.39 is 9.84 Å². The molecular formula is C19H27NO3S2. The van der Waals surface area contributed by atoms with Crippen LogP contribution in [0.15, 0.2) is 30.3 Å². The van der Waals surface area contributed by atoms with Gasteiger partial charge in [0.25, 0.3) is 0 Å². The normalized spacial score (nSPS) is 28.6. The van der Waals surface area contributed by atoms with E-state index in [0.717, 1.165) is 25.7 Å². The first-order valence-electron chi connectivity index (χ1n) is 9.07. The highest BCUT2D eigenvalue weighted by Gasteiger charge is 2.30. The van der Waals surface area contributed by atoms with Gasteiger partial charge in [0.05, 0.1) is 17.3 Å². The monoisotopic (exact) mass is 381 g/mol. The molecule has 0 bridgehead atoms. The molecule has 1 saturated carbocycles. The number of sulfone groups is 1. The van der Waals surface area contributed by atoms with Gasteiger partial charge in [0, 0.05) is 18.3 Å². The van der Waals surface area contributed by atoms with E-state index in [1.807, 2.05) is 11.9 Å². The van der Waals surface area contributed by atoms with Crippen LogP contribution in [0.5, 0.6) is 0 Å². The lowest BCUT2D eigenvalue weighted by Gasteiger charge is -2.35. The lowest BCUT2D eigenvalue weighted by atomic mass is 9.81. The Labute approximate surface area is 155 Å². The molecule has 1 aliphatic heterocycles. The molecule has 1 heterocycles. The Morgan fingerprint density at radius 1 is 1.12 bits per heavy atom. The molecule has 1 unspecified atom stereocenters. The highest BCUT2D eigenvalue weighted by Crippen LogP contribution is 2.34. The van der Waals surface area contributed by atoms with Crippen molar-refractivity contribution in [3.63, 3.8) is 0 Å². The van der Waals surface area contributed by atoms with Crippen LogP contribution >= 0.6 is 11.8 Å². The van der Waals surface area contributed by atoms with Gasteiger partial charge in [-0.15, -0.1) is 11.8 Å². The van der Waals surface area contributed by atoms with E-state index in [4.69, 9.17) is 0 Å². The van der Waals surface area contributed by atoms with Gasteiger partial charge in [-0.2, -0.15) is 0 Å². The SMILES string of the molecule is CN(C(=O)CSC1CCS(=O)(=O)C1)C1CCC(c2ccccc2)CC1. The topological polar surface area (TPSA) is 54.5 Å². The molecule has 0 N–H and O–H groups in total. The number of benzene rings is 1. The van der Waals surface area contributed by atoms with Crippen LogP contribution in [-0.4, -0.2) is 54.8 Å². The standard InChI is InChI=1S/C19H27NO3S2/c1-20(19(21)13-24-18-11-12-25(22,23)14-18)17-9-7-16(8-10-17)15-5-3-2-4-6-15/h2-6,16-18H,7-14H2,1H3. The molecule has 1 aliphatic carbocycles. The lowest BCUT2D eigenvalue weighted by Crippen LogP contribution is -2.40. The Morgan fingerprint density at radius 2 is 1.80 bits per heavy atom. The molecule has 1 aromatic rings. The van der Waals surface area contributed by atoms with Crippen molar-refractivity contribution in [2.45, 2.75) is 49.3 Å². The molecular weight excluding hydrogens is 354 g/mol. The van der Waals surface area contributed by atoms with Gasteiger partial charge in [0.1, 0.15) is 0 Å². The van der Waals surface area contributed by atoms with E-state index >= 15 is 0 Å². The first-order chi connectivity index (χ1) is 11.9. The number of nitrogens with zero attached hydrogens (tertiary/aromatic N) is 1. The number of thioether (sulfide) groups is 1. The van der Waals surface area contributed by atoms with Gasteiger partial charge in [0.2, 0.25) is 5.91 Å². The van der Waals surface area contributed by atoms with Crippen LogP contribution in [-0.2, 0) is 14.6 Å². The fourth-order valence-corrected chi connectivity index (χ4v) is 7.47. The van der Waals surface area contributed by atoms with Crippen molar-refractivity contribution in [1.82, 2.24) is 4.90 Å². The number of amides is 1. The molecule has 1 saturated heterocycles. The Kier molecular flexibility index (Phi) is 6.10. The minimum absolute atomic E-state index is 0.0937. The number of hydrogen-bond acceptors (Lipinski definition) is 4. The molecule has 0 radical (unpaired) electrons. The van der Waals surface area contributed by atoms with E-state index in [1.165, 1.54) is 17.3 Å². The average Bonchev–Trinajstić information content (AvgIpc) is 2.99. The van der Waals surface area contributed by atoms with Gasteiger partial charge in [-0.1, -0.05) is 30.3 Å². The molecule has 4 nitrogen and oxygen atoms in total. The third kappa shape index (κ3) is 5.00. The predicted octanol–water partition coefficient (Wildman–Crippen LogP) is 3.09. The molecule has 2 fully saturated rings. The average molecular weight is 382 g/mol. The molecule has 1 atom stereocenters. The minimum atomic E-state index is -2.86. The summed E-state index contributed by atoms with van der Waals surface area (Å²) in [6.07, 6.45) is 5.03. The molecule has 25 heavy (non-hydrogen) atoms. The van der Waals surface area contributed by atoms with Crippen molar-refractivity contribution < 1.29 is 13.2 Å². The zero-order valence-electron chi connectivity index (χ0n) is 14.8. The largest absolute Gasteiger partial charge is 0.342 e. The van der Waals surface area contributed by atoms with E-state index in [2.05, 4.69) is 30.3 Å². The van der Waals surface area contributed by atoms with Crippen molar-refractivity contribution >= 4 is 27.5 Å². The van der Waals surface area contributed by atoms with Gasteiger partial charge in [-0.3, -0.25) is 4.79 Å². The molecule has 0 spiro atoms. The van der Waals surface area contributed by atoms with Crippen molar-refractivity contribution in [2.24, 2.45) is 0 Å². The van der Waals surface area contributed by atoms with Gasteiger partial charge in [0.15, 0.2) is 9.84 Å². The van der Waals surface area contributed by atoms with Gasteiger partial charge >= 0.3 is 0 Å². The zero-order valence-corrected chi connectivity index (χ0v) is 16.4. The Morgan fingerprint density at radius 3 is 2.40 bits per heavy atom. The predicted molar refractivity (Wildman–Crippen MR) is 104 cm³/mol. The minimum Gasteiger partial charge on any atom is -0.342 e. The van der Waals surface area contributed by atoms with Crippen molar-refractivity contribution in [1.29, 1.82) is 0 Å². The molecule has 138 valence electrons. The van der Waals surface area contributed by atoms with Crippen LogP contribution < -0.4 is 0 Å². The van der Waals surface area contributed by atoms with Crippen LogP contribution in [0.2, 0.25) is 0 Å². The molecule has 2 aliphatic rings. The summed E-state index contributed by atoms with van der Waals surface area (Å²) < 4.78 is 23.0. The molecule has 1 aromatic carbocycles. The Hall–Kier alpha value is -1.01. The molecule has 6 heteroatoms. The van der Waals surface area contributed by atoms with E-state index in [-0.39, 0.29) is 22.7 Å². The third-order valence-electron chi connectivity index (χ3n) is 5.54. The fraction of sp³-hybridized carbons (Fsp3) is 0.632. The Bertz CT molecular complexity index is 682. The second-order valence-corrected chi connectivity index (χ2v) is 10.8. The summed E-state index contributed by atoms with van der Waals surface area (Å²) in [5, 5.41) is 0.0937. The smallest absolute Gasteiger partial charge is 0.232 e. The zero-order chi connectivity index (χ0) is 17.9. The number of hydrogen-bond donors (Lipinski definition) is 0. The van der Waals surface area contributed by atoms with Gasteiger partial charge in [-0.05, 0) is 43.6 Å². The number of carbonyl (C=O) groups excluding carboxylic acids is 1. The summed E-state index contributed by atoms with van der Waals surface area (Å²) in [5.41, 5.74) is 1.41. The summed E-state index contributed by atoms with van der Waals surface area (Å²) in [6.45, 7) is 0. The van der Waals surface area contributed by atoms with Crippen molar-refractivity contribution in [3.05, 3.63) is 35.9 Å². The maximum Gasteiger partial charge on any atom is 0.232 e. The Balaban J connectivity index is 1.44. The summed E-state index contributed by atoms with van der Waals surface area (Å²) in [6, 6.07) is 11.0. The van der Waals surface area contributed by atoms with E-state index in [9.17, 15) is 13.2 Å². The second-order valence-electron chi connectivity index (χ2n) is 7.26. The third-order valence-corrected chi connectivity index (χ3v) is 8.81.